The van der Waals surface area contributed by atoms with Crippen molar-refractivity contribution in [3.63, 3.8) is 0 Å². The molecule has 0 bridgehead atoms. The molecular formula is C61H39NS. The fraction of sp³-hybridized carbons (Fsp3) is 0.0164. The third-order valence-corrected chi connectivity index (χ3v) is 14.7. The van der Waals surface area contributed by atoms with Gasteiger partial charge in [0.25, 0.3) is 0 Å². The van der Waals surface area contributed by atoms with Gasteiger partial charge in [-0.05, 0) is 131 Å². The Hall–Kier alpha value is -7.78. The van der Waals surface area contributed by atoms with E-state index in [9.17, 15) is 0 Å². The lowest BCUT2D eigenvalue weighted by molar-refractivity contribution is 0.768. The van der Waals surface area contributed by atoms with E-state index in [0.717, 1.165) is 17.1 Å². The molecule has 0 fully saturated rings. The number of rotatable bonds is 6. The molecule has 294 valence electrons. The number of benzene rings is 11. The summed E-state index contributed by atoms with van der Waals surface area (Å²) in [6.07, 6.45) is 0. The highest BCUT2D eigenvalue weighted by Gasteiger charge is 2.46. The van der Waals surface area contributed by atoms with E-state index in [-0.39, 0.29) is 0 Å². The minimum absolute atomic E-state index is 0.511. The van der Waals surface area contributed by atoms with Gasteiger partial charge in [-0.25, -0.2) is 0 Å². The fourth-order valence-corrected chi connectivity index (χ4v) is 11.8. The van der Waals surface area contributed by atoms with Crippen LogP contribution in [-0.4, -0.2) is 0 Å². The van der Waals surface area contributed by atoms with Crippen LogP contribution in [0, 0.1) is 0 Å². The van der Waals surface area contributed by atoms with Crippen molar-refractivity contribution in [1.82, 2.24) is 0 Å². The topological polar surface area (TPSA) is 3.24 Å². The molecule has 1 nitrogen and oxygen atoms in total. The Morgan fingerprint density at radius 2 is 0.778 bits per heavy atom. The lowest BCUT2D eigenvalue weighted by Gasteiger charge is -2.35. The highest BCUT2D eigenvalue weighted by atomic mass is 32.1. The molecule has 1 heterocycles. The zero-order valence-electron chi connectivity index (χ0n) is 34.4. The molecule has 63 heavy (non-hydrogen) atoms. The summed E-state index contributed by atoms with van der Waals surface area (Å²) < 4.78 is 2.65. The first-order valence-electron chi connectivity index (χ1n) is 21.7. The van der Waals surface area contributed by atoms with Crippen LogP contribution in [0.15, 0.2) is 237 Å². The zero-order valence-corrected chi connectivity index (χ0v) is 35.2. The van der Waals surface area contributed by atoms with Gasteiger partial charge in [0, 0.05) is 37.2 Å². The number of fused-ring (bicyclic) bond motifs is 12. The fourth-order valence-electron chi connectivity index (χ4n) is 10.8. The van der Waals surface area contributed by atoms with Crippen molar-refractivity contribution in [1.29, 1.82) is 0 Å². The Morgan fingerprint density at radius 1 is 0.286 bits per heavy atom. The molecule has 0 unspecified atom stereocenters. The Labute approximate surface area is 370 Å². The maximum Gasteiger partial charge on any atom is 0.0714 e. The summed E-state index contributed by atoms with van der Waals surface area (Å²) in [5.74, 6) is 0. The minimum Gasteiger partial charge on any atom is -0.310 e. The van der Waals surface area contributed by atoms with Crippen LogP contribution in [0.1, 0.15) is 22.3 Å². The summed E-state index contributed by atoms with van der Waals surface area (Å²) in [6.45, 7) is 0. The molecule has 2 heteroatoms. The lowest BCUT2D eigenvalue weighted by Crippen LogP contribution is -2.28. The van der Waals surface area contributed by atoms with Crippen molar-refractivity contribution in [2.24, 2.45) is 0 Å². The Bertz CT molecular complexity index is 3660. The van der Waals surface area contributed by atoms with Gasteiger partial charge in [0.15, 0.2) is 0 Å². The summed E-state index contributed by atoms with van der Waals surface area (Å²) in [5.41, 5.74) is 12.9. The number of thiophene rings is 1. The third-order valence-electron chi connectivity index (χ3n) is 13.5. The molecule has 0 atom stereocenters. The first-order chi connectivity index (χ1) is 31.2. The average Bonchev–Trinajstić information content (AvgIpc) is 3.88. The molecule has 1 aromatic heterocycles. The summed E-state index contributed by atoms with van der Waals surface area (Å²) in [4.78, 5) is 2.47. The van der Waals surface area contributed by atoms with Crippen molar-refractivity contribution < 1.29 is 0 Å². The molecule has 0 aliphatic heterocycles. The normalized spacial score (nSPS) is 12.9. The number of anilines is 3. The molecule has 0 spiro atoms. The summed E-state index contributed by atoms with van der Waals surface area (Å²) in [7, 11) is 0. The van der Waals surface area contributed by atoms with Gasteiger partial charge in [-0.2, -0.15) is 0 Å². The van der Waals surface area contributed by atoms with Gasteiger partial charge in [0.2, 0.25) is 0 Å². The SMILES string of the molecule is c1ccc(C2(c3ccccc3)c3ccccc3-c3ccc(N(c4ccc(-c5ccc6sc7ccccc7c6c5)cc4)c4ccc5c6ccccc6c6ccccc6c5c4)cc32)cc1. The zero-order chi connectivity index (χ0) is 41.5. The van der Waals surface area contributed by atoms with Gasteiger partial charge in [-0.1, -0.05) is 182 Å². The minimum atomic E-state index is -0.511. The summed E-state index contributed by atoms with van der Waals surface area (Å²) in [5, 5.41) is 10.2. The predicted molar refractivity (Wildman–Crippen MR) is 269 cm³/mol. The molecule has 1 aliphatic rings. The van der Waals surface area contributed by atoms with E-state index in [1.165, 1.54) is 97.0 Å². The Kier molecular flexibility index (Phi) is 8.06. The van der Waals surface area contributed by atoms with E-state index in [4.69, 9.17) is 0 Å². The maximum atomic E-state index is 2.47. The number of hydrogen-bond acceptors (Lipinski definition) is 2. The van der Waals surface area contributed by atoms with Crippen molar-refractivity contribution in [2.45, 2.75) is 5.41 Å². The van der Waals surface area contributed by atoms with E-state index >= 15 is 0 Å². The quantitative estimate of drug-likeness (QED) is 0.151. The van der Waals surface area contributed by atoms with Crippen molar-refractivity contribution >= 4 is 80.9 Å². The van der Waals surface area contributed by atoms with Crippen molar-refractivity contribution in [2.75, 3.05) is 4.90 Å². The molecule has 13 rings (SSSR count). The largest absolute Gasteiger partial charge is 0.310 e. The number of hydrogen-bond donors (Lipinski definition) is 0. The summed E-state index contributed by atoms with van der Waals surface area (Å²) >= 11 is 1.86. The van der Waals surface area contributed by atoms with E-state index in [1.807, 2.05) is 11.3 Å². The van der Waals surface area contributed by atoms with Gasteiger partial charge in [0.1, 0.15) is 0 Å². The second kappa shape index (κ2) is 14.1. The van der Waals surface area contributed by atoms with Crippen LogP contribution in [0.5, 0.6) is 0 Å². The highest BCUT2D eigenvalue weighted by molar-refractivity contribution is 7.25. The predicted octanol–water partition coefficient (Wildman–Crippen LogP) is 17.0. The van der Waals surface area contributed by atoms with Crippen LogP contribution in [0.3, 0.4) is 0 Å². The molecule has 12 aromatic rings. The van der Waals surface area contributed by atoms with E-state index in [0.29, 0.717) is 0 Å². The van der Waals surface area contributed by atoms with Gasteiger partial charge in [-0.15, -0.1) is 11.3 Å². The van der Waals surface area contributed by atoms with E-state index < -0.39 is 5.41 Å². The molecule has 1 aliphatic carbocycles. The van der Waals surface area contributed by atoms with Crippen LogP contribution in [-0.2, 0) is 5.41 Å². The van der Waals surface area contributed by atoms with Crippen LogP contribution in [0.4, 0.5) is 17.1 Å². The molecular weight excluding hydrogens is 779 g/mol. The first kappa shape index (κ1) is 35.9. The molecule has 0 N–H and O–H groups in total. The molecule has 0 radical (unpaired) electrons. The first-order valence-corrected chi connectivity index (χ1v) is 22.6. The van der Waals surface area contributed by atoms with Crippen LogP contribution in [0.2, 0.25) is 0 Å². The Morgan fingerprint density at radius 3 is 1.48 bits per heavy atom. The average molecular weight is 818 g/mol. The second-order valence-electron chi connectivity index (χ2n) is 16.8. The number of nitrogens with zero attached hydrogens (tertiary/aromatic N) is 1. The third kappa shape index (κ3) is 5.42. The monoisotopic (exact) mass is 817 g/mol. The van der Waals surface area contributed by atoms with Crippen LogP contribution >= 0.6 is 11.3 Å². The highest BCUT2D eigenvalue weighted by Crippen LogP contribution is 2.57. The Balaban J connectivity index is 1.04. The second-order valence-corrected chi connectivity index (χ2v) is 17.9. The van der Waals surface area contributed by atoms with Gasteiger partial charge in [0.05, 0.1) is 5.41 Å². The lowest BCUT2D eigenvalue weighted by atomic mass is 9.67. The van der Waals surface area contributed by atoms with E-state index in [2.05, 4.69) is 241 Å². The van der Waals surface area contributed by atoms with Crippen molar-refractivity contribution in [3.05, 3.63) is 259 Å². The van der Waals surface area contributed by atoms with Crippen LogP contribution < -0.4 is 4.90 Å². The summed E-state index contributed by atoms with van der Waals surface area (Å²) in [6, 6.07) is 88.0. The van der Waals surface area contributed by atoms with Gasteiger partial charge in [-0.3, -0.25) is 0 Å². The van der Waals surface area contributed by atoms with E-state index in [1.54, 1.807) is 0 Å². The molecule has 0 saturated carbocycles. The van der Waals surface area contributed by atoms with Crippen molar-refractivity contribution in [3.8, 4) is 22.3 Å². The van der Waals surface area contributed by atoms with Gasteiger partial charge < -0.3 is 4.90 Å². The van der Waals surface area contributed by atoms with Crippen LogP contribution in [0.25, 0.3) is 74.7 Å². The molecule has 11 aromatic carbocycles. The maximum absolute atomic E-state index is 2.47. The smallest absolute Gasteiger partial charge is 0.0714 e. The standard InChI is InChI=1S/C61H39NS/c1-3-15-42(16-4-1)61(43-17-5-2-6-18-43)57-25-13-11-23-52(57)53-35-33-46(39-58(53)61)62(45-32-34-51-49-21-8-7-19-47(49)48-20-9-10-22-50(48)55(51)38-45)44-30-27-40(28-31-44)41-29-36-60-56(37-41)54-24-12-14-26-59(54)63-60/h1-39H. The molecule has 0 amide bonds. The molecule has 0 saturated heterocycles. The van der Waals surface area contributed by atoms with Gasteiger partial charge >= 0.3 is 0 Å².